The number of rotatable bonds is 6. The van der Waals surface area contributed by atoms with E-state index in [1.165, 1.54) is 0 Å². The normalized spacial score (nSPS) is 9.88. The molecule has 0 saturated heterocycles. The summed E-state index contributed by atoms with van der Waals surface area (Å²) in [6, 6.07) is 5.06. The smallest absolute Gasteiger partial charge is 0.337 e. The van der Waals surface area contributed by atoms with Crippen LogP contribution in [0.4, 0.5) is 5.69 Å². The Balaban J connectivity index is 2.94. The lowest BCUT2D eigenvalue weighted by Gasteiger charge is -2.10. The Kier molecular flexibility index (Phi) is 4.64. The summed E-state index contributed by atoms with van der Waals surface area (Å²) in [4.78, 5) is 11.0. The molecule has 0 unspecified atom stereocenters. The van der Waals surface area contributed by atoms with Gasteiger partial charge in [0.25, 0.3) is 0 Å². The SMILES string of the molecule is CCCNc1ccc(OCC)cc1C(=O)O. The number of carboxylic acids is 1. The molecule has 0 heterocycles. The standard InChI is InChI=1S/C12H17NO3/c1-3-7-13-11-6-5-9(16-4-2)8-10(11)12(14)15/h5-6,8,13H,3-4,7H2,1-2H3,(H,14,15). The van der Waals surface area contributed by atoms with Crippen molar-refractivity contribution in [1.29, 1.82) is 0 Å². The molecule has 1 rings (SSSR count). The zero-order valence-corrected chi connectivity index (χ0v) is 9.62. The van der Waals surface area contributed by atoms with Crippen LogP contribution in [0.5, 0.6) is 5.75 Å². The van der Waals surface area contributed by atoms with E-state index in [0.29, 0.717) is 18.0 Å². The molecule has 0 amide bonds. The first-order valence-corrected chi connectivity index (χ1v) is 5.43. The highest BCUT2D eigenvalue weighted by molar-refractivity contribution is 5.94. The Morgan fingerprint density at radius 1 is 1.44 bits per heavy atom. The molecule has 4 nitrogen and oxygen atoms in total. The third-order valence-electron chi connectivity index (χ3n) is 2.10. The molecule has 2 N–H and O–H groups in total. The van der Waals surface area contributed by atoms with Gasteiger partial charge >= 0.3 is 5.97 Å². The van der Waals surface area contributed by atoms with Gasteiger partial charge in [-0.2, -0.15) is 0 Å². The summed E-state index contributed by atoms with van der Waals surface area (Å²) in [6.45, 7) is 5.18. The van der Waals surface area contributed by atoms with Crippen LogP contribution in [0.15, 0.2) is 18.2 Å². The van der Waals surface area contributed by atoms with Crippen LogP contribution in [-0.2, 0) is 0 Å². The largest absolute Gasteiger partial charge is 0.494 e. The quantitative estimate of drug-likeness (QED) is 0.778. The van der Waals surface area contributed by atoms with E-state index < -0.39 is 5.97 Å². The van der Waals surface area contributed by atoms with Crippen LogP contribution in [0, 0.1) is 0 Å². The van der Waals surface area contributed by atoms with Gasteiger partial charge in [0.15, 0.2) is 0 Å². The molecular formula is C12H17NO3. The molecule has 0 atom stereocenters. The van der Waals surface area contributed by atoms with Crippen LogP contribution in [-0.4, -0.2) is 24.2 Å². The number of carboxylic acid groups (broad SMARTS) is 1. The van der Waals surface area contributed by atoms with Gasteiger partial charge in [0.2, 0.25) is 0 Å². The van der Waals surface area contributed by atoms with Gasteiger partial charge in [0.05, 0.1) is 12.2 Å². The molecular weight excluding hydrogens is 206 g/mol. The number of benzene rings is 1. The van der Waals surface area contributed by atoms with Crippen LogP contribution in [0.2, 0.25) is 0 Å². The lowest BCUT2D eigenvalue weighted by molar-refractivity contribution is 0.0697. The minimum Gasteiger partial charge on any atom is -0.494 e. The first kappa shape index (κ1) is 12.4. The molecule has 0 aromatic heterocycles. The van der Waals surface area contributed by atoms with E-state index in [1.807, 2.05) is 13.8 Å². The average molecular weight is 223 g/mol. The molecule has 0 radical (unpaired) electrons. The number of carbonyl (C=O) groups is 1. The highest BCUT2D eigenvalue weighted by Crippen LogP contribution is 2.22. The second-order valence-corrected chi connectivity index (χ2v) is 3.37. The van der Waals surface area contributed by atoms with Gasteiger partial charge < -0.3 is 15.2 Å². The summed E-state index contributed by atoms with van der Waals surface area (Å²) >= 11 is 0. The summed E-state index contributed by atoms with van der Waals surface area (Å²) < 4.78 is 5.27. The topological polar surface area (TPSA) is 58.6 Å². The minimum atomic E-state index is -0.944. The monoisotopic (exact) mass is 223 g/mol. The van der Waals surface area contributed by atoms with Crippen molar-refractivity contribution >= 4 is 11.7 Å². The van der Waals surface area contributed by atoms with Crippen LogP contribution in [0.3, 0.4) is 0 Å². The Hall–Kier alpha value is -1.71. The lowest BCUT2D eigenvalue weighted by Crippen LogP contribution is -2.07. The van der Waals surface area contributed by atoms with E-state index >= 15 is 0 Å². The molecule has 16 heavy (non-hydrogen) atoms. The fraction of sp³-hybridized carbons (Fsp3) is 0.417. The molecule has 0 saturated carbocycles. The van der Waals surface area contributed by atoms with Crippen molar-refractivity contribution in [1.82, 2.24) is 0 Å². The second-order valence-electron chi connectivity index (χ2n) is 3.37. The molecule has 0 spiro atoms. The van der Waals surface area contributed by atoms with Crippen LogP contribution in [0.25, 0.3) is 0 Å². The first-order chi connectivity index (χ1) is 7.69. The average Bonchev–Trinajstić information content (AvgIpc) is 2.27. The zero-order chi connectivity index (χ0) is 12.0. The maximum absolute atomic E-state index is 11.0. The van der Waals surface area contributed by atoms with Crippen molar-refractivity contribution in [3.05, 3.63) is 23.8 Å². The van der Waals surface area contributed by atoms with E-state index in [0.717, 1.165) is 13.0 Å². The Bertz CT molecular complexity index is 363. The fourth-order valence-electron chi connectivity index (χ4n) is 1.37. The minimum absolute atomic E-state index is 0.249. The maximum Gasteiger partial charge on any atom is 0.337 e. The highest BCUT2D eigenvalue weighted by Gasteiger charge is 2.10. The number of anilines is 1. The molecule has 0 aliphatic rings. The van der Waals surface area contributed by atoms with Gasteiger partial charge in [-0.15, -0.1) is 0 Å². The first-order valence-electron chi connectivity index (χ1n) is 5.43. The fourth-order valence-corrected chi connectivity index (χ4v) is 1.37. The molecule has 1 aromatic carbocycles. The van der Waals surface area contributed by atoms with Gasteiger partial charge in [-0.1, -0.05) is 6.92 Å². The van der Waals surface area contributed by atoms with E-state index in [2.05, 4.69) is 5.32 Å². The van der Waals surface area contributed by atoms with Crippen molar-refractivity contribution in [3.8, 4) is 5.75 Å². The lowest BCUT2D eigenvalue weighted by atomic mass is 10.1. The van der Waals surface area contributed by atoms with Gasteiger partial charge in [-0.05, 0) is 31.5 Å². The molecule has 0 bridgehead atoms. The van der Waals surface area contributed by atoms with Crippen molar-refractivity contribution in [2.75, 3.05) is 18.5 Å². The maximum atomic E-state index is 11.0. The summed E-state index contributed by atoms with van der Waals surface area (Å²) in [5, 5.41) is 12.1. The number of ether oxygens (including phenoxy) is 1. The van der Waals surface area contributed by atoms with Crippen LogP contribution >= 0.6 is 0 Å². The second kappa shape index (κ2) is 6.00. The summed E-state index contributed by atoms with van der Waals surface area (Å²) in [6.07, 6.45) is 0.951. The van der Waals surface area contributed by atoms with Crippen molar-refractivity contribution < 1.29 is 14.6 Å². The molecule has 4 heteroatoms. The summed E-state index contributed by atoms with van der Waals surface area (Å²) in [5.74, 6) is -0.359. The Labute approximate surface area is 95.2 Å². The van der Waals surface area contributed by atoms with Gasteiger partial charge in [-0.25, -0.2) is 4.79 Å². The predicted octanol–water partition coefficient (Wildman–Crippen LogP) is 2.61. The number of hydrogen-bond acceptors (Lipinski definition) is 3. The van der Waals surface area contributed by atoms with Gasteiger partial charge in [0.1, 0.15) is 5.75 Å². The molecule has 0 fully saturated rings. The molecule has 1 aromatic rings. The van der Waals surface area contributed by atoms with E-state index in [-0.39, 0.29) is 5.56 Å². The Morgan fingerprint density at radius 2 is 2.19 bits per heavy atom. The zero-order valence-electron chi connectivity index (χ0n) is 9.62. The van der Waals surface area contributed by atoms with Gasteiger partial charge in [-0.3, -0.25) is 0 Å². The third kappa shape index (κ3) is 3.15. The van der Waals surface area contributed by atoms with Gasteiger partial charge in [0, 0.05) is 12.2 Å². The summed E-state index contributed by atoms with van der Waals surface area (Å²) in [7, 11) is 0. The van der Waals surface area contributed by atoms with E-state index in [4.69, 9.17) is 9.84 Å². The van der Waals surface area contributed by atoms with Crippen LogP contribution < -0.4 is 10.1 Å². The molecule has 88 valence electrons. The number of hydrogen-bond donors (Lipinski definition) is 2. The van der Waals surface area contributed by atoms with E-state index in [1.54, 1.807) is 18.2 Å². The highest BCUT2D eigenvalue weighted by atomic mass is 16.5. The number of aromatic carboxylic acids is 1. The molecule has 0 aliphatic carbocycles. The van der Waals surface area contributed by atoms with E-state index in [9.17, 15) is 4.79 Å². The predicted molar refractivity (Wildman–Crippen MR) is 63.4 cm³/mol. The Morgan fingerprint density at radius 3 is 2.75 bits per heavy atom. The summed E-state index contributed by atoms with van der Waals surface area (Å²) in [5.41, 5.74) is 0.886. The third-order valence-corrected chi connectivity index (χ3v) is 2.10. The van der Waals surface area contributed by atoms with Crippen molar-refractivity contribution in [3.63, 3.8) is 0 Å². The van der Waals surface area contributed by atoms with Crippen molar-refractivity contribution in [2.45, 2.75) is 20.3 Å². The van der Waals surface area contributed by atoms with Crippen molar-refractivity contribution in [2.24, 2.45) is 0 Å². The number of nitrogens with one attached hydrogen (secondary N) is 1. The molecule has 0 aliphatic heterocycles. The van der Waals surface area contributed by atoms with Crippen LogP contribution in [0.1, 0.15) is 30.6 Å².